The molecule has 0 aliphatic carbocycles. The molecule has 0 aliphatic heterocycles. The molecule has 0 amide bonds. The van der Waals surface area contributed by atoms with Crippen molar-refractivity contribution in [2.24, 2.45) is 0 Å². The van der Waals surface area contributed by atoms with Crippen molar-refractivity contribution in [1.29, 1.82) is 0 Å². The molecule has 3 aromatic rings. The van der Waals surface area contributed by atoms with E-state index in [9.17, 15) is 25.3 Å². The Morgan fingerprint density at radius 3 is 1.10 bits per heavy atom. The Labute approximate surface area is 256 Å². The average Bonchev–Trinajstić information content (AvgIpc) is 2.84. The molecule has 0 heterocycles. The first-order valence-corrected chi connectivity index (χ1v) is 15.7. The first-order chi connectivity index (χ1) is 17.3. The molecule has 0 atom stereocenters. The normalized spacial score (nSPS) is 12.0. The molecule has 0 aromatic heterocycles. The van der Waals surface area contributed by atoms with Crippen molar-refractivity contribution in [3.05, 3.63) is 98.9 Å². The number of hydrogen-bond donors (Lipinski definition) is 0. The van der Waals surface area contributed by atoms with Gasteiger partial charge in [-0.25, -0.2) is 29.6 Å². The van der Waals surface area contributed by atoms with Gasteiger partial charge in [0.15, 0.2) is 0 Å². The van der Waals surface area contributed by atoms with E-state index in [1.165, 1.54) is 36.4 Å². The fourth-order valence-corrected chi connectivity index (χ4v) is 6.65. The fraction of sp³-hybridized carbons (Fsp3) is 0.280. The molecule has 0 spiro atoms. The van der Waals surface area contributed by atoms with Crippen LogP contribution in [0.1, 0.15) is 16.7 Å². The van der Waals surface area contributed by atoms with E-state index in [0.29, 0.717) is 0 Å². The molecule has 0 radical (unpaired) electrons. The molecule has 0 fully saturated rings. The van der Waals surface area contributed by atoms with Gasteiger partial charge in [-0.1, -0.05) is 53.1 Å². The third kappa shape index (κ3) is 9.87. The summed E-state index contributed by atoms with van der Waals surface area (Å²) in [6.45, 7) is 4.23. The van der Waals surface area contributed by atoms with E-state index >= 15 is 0 Å². The van der Waals surface area contributed by atoms with Gasteiger partial charge in [0.05, 0.1) is 4.90 Å². The minimum atomic E-state index is -4.07. The number of nitrogens with zero attached hydrogens (tertiary/aromatic N) is 3. The number of aryl methyl sites for hydroxylation is 3. The van der Waals surface area contributed by atoms with Crippen LogP contribution in [0.2, 0.25) is 0 Å². The van der Waals surface area contributed by atoms with E-state index < -0.39 is 30.1 Å². The minimum Gasteiger partial charge on any atom is -0.544 e. The number of benzene rings is 3. The zero-order chi connectivity index (χ0) is 27.3. The van der Waals surface area contributed by atoms with Crippen LogP contribution in [0.4, 0.5) is 0 Å². The van der Waals surface area contributed by atoms with Gasteiger partial charge in [0.25, 0.3) is 0 Å². The molecule has 200 valence electrons. The fourth-order valence-electron chi connectivity index (χ4n) is 3.33. The van der Waals surface area contributed by atoms with E-state index in [1.54, 1.807) is 36.4 Å². The van der Waals surface area contributed by atoms with Gasteiger partial charge in [0, 0.05) is 9.79 Å². The first-order valence-electron chi connectivity index (χ1n) is 11.4. The molecule has 0 saturated heterocycles. The zero-order valence-electron chi connectivity index (χ0n) is 22.8. The van der Waals surface area contributed by atoms with E-state index in [4.69, 9.17) is 0 Å². The second kappa shape index (κ2) is 15.0. The van der Waals surface area contributed by atoms with Crippen molar-refractivity contribution in [2.45, 2.75) is 35.5 Å². The topological polar surface area (TPSA) is 134 Å². The summed E-state index contributed by atoms with van der Waals surface area (Å²) in [6, 6.07) is 18.5. The van der Waals surface area contributed by atoms with Gasteiger partial charge < -0.3 is 9.44 Å². The van der Waals surface area contributed by atoms with Crippen LogP contribution in [0.25, 0.3) is 9.44 Å². The van der Waals surface area contributed by atoms with Crippen LogP contribution >= 0.6 is 0 Å². The third-order valence-corrected chi connectivity index (χ3v) is 10.2. The van der Waals surface area contributed by atoms with Crippen LogP contribution in [0.3, 0.4) is 0 Å². The van der Waals surface area contributed by atoms with Crippen LogP contribution < -0.4 is 37.7 Å². The Bertz CT molecular complexity index is 1450. The number of rotatable bonds is 12. The maximum Gasteiger partial charge on any atom is 1.00 e. The largest absolute Gasteiger partial charge is 1.00 e. The van der Waals surface area contributed by atoms with Crippen LogP contribution in [0.5, 0.6) is 0 Å². The average molecular weight is 578 g/mol. The first kappa shape index (κ1) is 35.6. The zero-order valence-corrected chi connectivity index (χ0v) is 25.2. The number of sulfonamides is 3. The molecule has 14 heteroatoms. The van der Waals surface area contributed by atoms with E-state index in [2.05, 4.69) is 9.44 Å². The van der Waals surface area contributed by atoms with Crippen molar-refractivity contribution in [2.75, 3.05) is 26.2 Å². The van der Waals surface area contributed by atoms with Crippen LogP contribution in [-0.4, -0.2) is 55.7 Å². The second-order valence-corrected chi connectivity index (χ2v) is 13.8. The smallest absolute Gasteiger partial charge is 0.544 e. The minimum absolute atomic E-state index is 0. The summed E-state index contributed by atoms with van der Waals surface area (Å²) in [4.78, 5) is 0.0105. The van der Waals surface area contributed by atoms with Gasteiger partial charge in [-0.15, -0.1) is 13.1 Å². The molecule has 9 nitrogen and oxygen atoms in total. The molecule has 0 unspecified atom stereocenters. The maximum absolute atomic E-state index is 13.3. The van der Waals surface area contributed by atoms with E-state index in [-0.39, 0.29) is 78.6 Å². The van der Waals surface area contributed by atoms with Gasteiger partial charge in [0.1, 0.15) is 20.0 Å². The Morgan fingerprint density at radius 2 is 0.795 bits per heavy atom. The van der Waals surface area contributed by atoms with E-state index in [1.807, 2.05) is 20.8 Å². The predicted octanol–water partition coefficient (Wildman–Crippen LogP) is -1.86. The summed E-state index contributed by atoms with van der Waals surface area (Å²) in [7, 11) is -12.0. The molecule has 0 saturated carbocycles. The van der Waals surface area contributed by atoms with Crippen molar-refractivity contribution in [3.8, 4) is 0 Å². The van der Waals surface area contributed by atoms with Crippen molar-refractivity contribution in [1.82, 2.24) is 4.31 Å². The Morgan fingerprint density at radius 1 is 0.513 bits per heavy atom. The summed E-state index contributed by atoms with van der Waals surface area (Å²) >= 11 is 0. The van der Waals surface area contributed by atoms with Crippen molar-refractivity contribution < 1.29 is 63.0 Å². The second-order valence-electron chi connectivity index (χ2n) is 8.50. The van der Waals surface area contributed by atoms with Gasteiger partial charge in [0.2, 0.25) is 10.0 Å². The molecular weight excluding hydrogens is 548 g/mol. The molecule has 3 rings (SSSR count). The predicted molar refractivity (Wildman–Crippen MR) is 143 cm³/mol. The summed E-state index contributed by atoms with van der Waals surface area (Å²) < 4.78 is 85.4. The van der Waals surface area contributed by atoms with Crippen molar-refractivity contribution >= 4 is 30.1 Å². The number of hydrogen-bond acceptors (Lipinski definition) is 6. The molecule has 3 aromatic carbocycles. The SMILES string of the molecule is Cc1ccc(S(=O)(=O)[N-]CCN(CC[N-]S(=O)(=O)c2ccc(C)cc2)S(=O)(=O)c2ccc(C)cc2)cc1.[Li+].[Li+]. The van der Waals surface area contributed by atoms with Crippen LogP contribution in [0.15, 0.2) is 87.5 Å². The maximum atomic E-state index is 13.3. The summed E-state index contributed by atoms with van der Waals surface area (Å²) in [5.74, 6) is 0. The summed E-state index contributed by atoms with van der Waals surface area (Å²) in [6.07, 6.45) is 0. The molecule has 0 bridgehead atoms. The van der Waals surface area contributed by atoms with Crippen LogP contribution in [-0.2, 0) is 30.1 Å². The monoisotopic (exact) mass is 577 g/mol. The van der Waals surface area contributed by atoms with Gasteiger partial charge in [-0.3, -0.25) is 0 Å². The standard InChI is InChI=1S/C25H29N3O6S3.2Li/c1-20-4-10-23(11-5-20)35(29,30)26-16-18-28(37(33,34)25-14-8-22(3)9-15-25)19-17-27-36(31,32)24-12-6-21(2)7-13-24;;/h4-15H,16-19H2,1-3H3;;/q-2;2*+1. The summed E-state index contributed by atoms with van der Waals surface area (Å²) in [5, 5.41) is 0. The molecule has 0 aliphatic rings. The van der Waals surface area contributed by atoms with Gasteiger partial charge >= 0.3 is 37.7 Å². The van der Waals surface area contributed by atoms with Crippen LogP contribution in [0, 0.1) is 20.8 Å². The van der Waals surface area contributed by atoms with Gasteiger partial charge in [-0.05, 0) is 70.3 Å². The molecular formula is C25H29Li2N3O6S3. The van der Waals surface area contributed by atoms with Gasteiger partial charge in [-0.2, -0.15) is 0 Å². The third-order valence-electron chi connectivity index (χ3n) is 5.52. The summed E-state index contributed by atoms with van der Waals surface area (Å²) in [5.41, 5.74) is 2.64. The quantitative estimate of drug-likeness (QED) is 0.232. The van der Waals surface area contributed by atoms with E-state index in [0.717, 1.165) is 21.0 Å². The molecule has 0 N–H and O–H groups in total. The Balaban J connectivity index is 0.00000380. The van der Waals surface area contributed by atoms with Crippen molar-refractivity contribution in [3.63, 3.8) is 0 Å². The Kier molecular flexibility index (Phi) is 13.7. The molecule has 39 heavy (non-hydrogen) atoms. The Hall–Kier alpha value is -1.42.